The number of aromatic nitrogens is 2. The van der Waals surface area contributed by atoms with Crippen LogP contribution in [0.3, 0.4) is 0 Å². The summed E-state index contributed by atoms with van der Waals surface area (Å²) in [5.74, 6) is 1.24. The fraction of sp³-hybridized carbons (Fsp3) is 0.150. The van der Waals surface area contributed by atoms with Crippen molar-refractivity contribution in [1.82, 2.24) is 10.1 Å². The van der Waals surface area contributed by atoms with Gasteiger partial charge in [0.05, 0.1) is 27.2 Å². The number of thioether (sulfide) groups is 1. The van der Waals surface area contributed by atoms with Gasteiger partial charge in [-0.25, -0.2) is 4.98 Å². The summed E-state index contributed by atoms with van der Waals surface area (Å²) in [5, 5.41) is 7.43. The van der Waals surface area contributed by atoms with Crippen LogP contribution >= 0.6 is 23.1 Å². The standard InChI is InChI=1S/C20H17N3O2S2/c1-12-7-8-16-18(9-12)27-20(21-16)22-19(24)15-5-3-4-6-17(15)26-11-14-10-13(2)23-25-14/h3-10H,11H2,1-2H3,(H,21,22,24). The molecule has 0 fully saturated rings. The van der Waals surface area contributed by atoms with Gasteiger partial charge in [-0.1, -0.05) is 34.7 Å². The van der Waals surface area contributed by atoms with E-state index in [-0.39, 0.29) is 5.91 Å². The fourth-order valence-corrected chi connectivity index (χ4v) is 4.55. The van der Waals surface area contributed by atoms with Crippen molar-refractivity contribution in [2.75, 3.05) is 5.32 Å². The van der Waals surface area contributed by atoms with Crippen LogP contribution in [0.25, 0.3) is 10.2 Å². The Morgan fingerprint density at radius 1 is 1.19 bits per heavy atom. The number of carbonyl (C=O) groups is 1. The van der Waals surface area contributed by atoms with Gasteiger partial charge < -0.3 is 4.52 Å². The first kappa shape index (κ1) is 17.8. The van der Waals surface area contributed by atoms with Crippen LogP contribution in [0.15, 0.2) is 57.9 Å². The molecular weight excluding hydrogens is 378 g/mol. The summed E-state index contributed by atoms with van der Waals surface area (Å²) in [6, 6.07) is 15.5. The van der Waals surface area contributed by atoms with Gasteiger partial charge >= 0.3 is 0 Å². The molecule has 136 valence electrons. The van der Waals surface area contributed by atoms with Gasteiger partial charge in [0.15, 0.2) is 5.13 Å². The van der Waals surface area contributed by atoms with E-state index in [1.54, 1.807) is 11.8 Å². The molecule has 0 saturated heterocycles. The predicted octanol–water partition coefficient (Wildman–Crippen LogP) is 5.45. The van der Waals surface area contributed by atoms with Gasteiger partial charge in [0.25, 0.3) is 5.91 Å². The van der Waals surface area contributed by atoms with Gasteiger partial charge in [-0.3, -0.25) is 10.1 Å². The maximum atomic E-state index is 12.8. The van der Waals surface area contributed by atoms with Crippen LogP contribution in [0, 0.1) is 13.8 Å². The number of amides is 1. The minimum absolute atomic E-state index is 0.164. The highest BCUT2D eigenvalue weighted by Crippen LogP contribution is 2.30. The van der Waals surface area contributed by atoms with Crippen molar-refractivity contribution >= 4 is 44.4 Å². The molecule has 1 N–H and O–H groups in total. The molecule has 0 unspecified atom stereocenters. The number of fused-ring (bicyclic) bond motifs is 1. The smallest absolute Gasteiger partial charge is 0.258 e. The Labute approximate surface area is 164 Å². The molecule has 2 heterocycles. The first-order valence-electron chi connectivity index (χ1n) is 8.41. The van der Waals surface area contributed by atoms with Crippen molar-refractivity contribution in [3.8, 4) is 0 Å². The Morgan fingerprint density at radius 3 is 2.85 bits per heavy atom. The number of anilines is 1. The summed E-state index contributed by atoms with van der Waals surface area (Å²) < 4.78 is 6.31. The second-order valence-electron chi connectivity index (χ2n) is 6.16. The Hall–Kier alpha value is -2.64. The van der Waals surface area contributed by atoms with Crippen LogP contribution in [0.5, 0.6) is 0 Å². The Bertz CT molecular complexity index is 1120. The summed E-state index contributed by atoms with van der Waals surface area (Å²) in [6.45, 7) is 3.93. The quantitative estimate of drug-likeness (QED) is 0.455. The number of nitrogens with zero attached hydrogens (tertiary/aromatic N) is 2. The minimum atomic E-state index is -0.164. The molecule has 5 nitrogen and oxygen atoms in total. The third-order valence-corrected chi connectivity index (χ3v) is 5.97. The van der Waals surface area contributed by atoms with E-state index in [4.69, 9.17) is 4.52 Å². The van der Waals surface area contributed by atoms with Crippen LogP contribution in [0.1, 0.15) is 27.4 Å². The Kier molecular flexibility index (Phi) is 4.96. The van der Waals surface area contributed by atoms with E-state index < -0.39 is 0 Å². The summed E-state index contributed by atoms with van der Waals surface area (Å²) in [4.78, 5) is 18.2. The largest absolute Gasteiger partial charge is 0.360 e. The molecule has 0 bridgehead atoms. The first-order chi connectivity index (χ1) is 13.1. The number of carbonyl (C=O) groups excluding carboxylic acids is 1. The molecule has 4 aromatic rings. The summed E-state index contributed by atoms with van der Waals surface area (Å²) in [7, 11) is 0. The SMILES string of the molecule is Cc1ccc2nc(NC(=O)c3ccccc3SCc3cc(C)no3)sc2c1. The maximum Gasteiger partial charge on any atom is 0.258 e. The lowest BCUT2D eigenvalue weighted by molar-refractivity contribution is 0.102. The lowest BCUT2D eigenvalue weighted by Gasteiger charge is -2.07. The van der Waals surface area contributed by atoms with Gasteiger partial charge in [0, 0.05) is 11.0 Å². The first-order valence-corrected chi connectivity index (χ1v) is 10.2. The van der Waals surface area contributed by atoms with E-state index in [9.17, 15) is 4.79 Å². The van der Waals surface area contributed by atoms with Gasteiger partial charge in [-0.2, -0.15) is 0 Å². The Morgan fingerprint density at radius 2 is 2.04 bits per heavy atom. The number of hydrogen-bond donors (Lipinski definition) is 1. The minimum Gasteiger partial charge on any atom is -0.360 e. The average Bonchev–Trinajstić information content (AvgIpc) is 3.25. The molecule has 1 amide bonds. The molecule has 0 saturated carbocycles. The normalized spacial score (nSPS) is 11.0. The Balaban J connectivity index is 1.52. The van der Waals surface area contributed by atoms with E-state index in [0.717, 1.165) is 26.6 Å². The molecule has 27 heavy (non-hydrogen) atoms. The number of hydrogen-bond acceptors (Lipinski definition) is 6. The zero-order chi connectivity index (χ0) is 18.8. The molecule has 7 heteroatoms. The van der Waals surface area contributed by atoms with Gasteiger partial charge in [0.1, 0.15) is 5.76 Å². The highest BCUT2D eigenvalue weighted by atomic mass is 32.2. The number of nitrogens with one attached hydrogen (secondary N) is 1. The van der Waals surface area contributed by atoms with Crippen molar-refractivity contribution in [3.63, 3.8) is 0 Å². The van der Waals surface area contributed by atoms with Gasteiger partial charge in [-0.15, -0.1) is 11.8 Å². The van der Waals surface area contributed by atoms with Crippen LogP contribution in [0.2, 0.25) is 0 Å². The molecule has 2 aromatic heterocycles. The molecule has 0 spiro atoms. The van der Waals surface area contributed by atoms with Crippen molar-refractivity contribution < 1.29 is 9.32 Å². The number of benzene rings is 2. The van der Waals surface area contributed by atoms with E-state index in [0.29, 0.717) is 16.4 Å². The van der Waals surface area contributed by atoms with E-state index >= 15 is 0 Å². The monoisotopic (exact) mass is 395 g/mol. The van der Waals surface area contributed by atoms with E-state index in [1.807, 2.05) is 56.3 Å². The summed E-state index contributed by atoms with van der Waals surface area (Å²) in [5.41, 5.74) is 3.54. The molecule has 4 rings (SSSR count). The van der Waals surface area contributed by atoms with Crippen molar-refractivity contribution in [2.24, 2.45) is 0 Å². The lowest BCUT2D eigenvalue weighted by Crippen LogP contribution is -2.12. The summed E-state index contributed by atoms with van der Waals surface area (Å²) in [6.07, 6.45) is 0. The molecule has 0 aliphatic carbocycles. The topological polar surface area (TPSA) is 68.0 Å². The van der Waals surface area contributed by atoms with Gasteiger partial charge in [-0.05, 0) is 43.7 Å². The molecule has 0 atom stereocenters. The molecule has 0 aliphatic rings. The van der Waals surface area contributed by atoms with Crippen molar-refractivity contribution in [1.29, 1.82) is 0 Å². The van der Waals surface area contributed by atoms with Crippen molar-refractivity contribution in [2.45, 2.75) is 24.5 Å². The van der Waals surface area contributed by atoms with E-state index in [2.05, 4.69) is 21.5 Å². The van der Waals surface area contributed by atoms with Crippen LogP contribution in [-0.2, 0) is 5.75 Å². The second-order valence-corrected chi connectivity index (χ2v) is 8.21. The molecule has 0 radical (unpaired) electrons. The van der Waals surface area contributed by atoms with Gasteiger partial charge in [0.2, 0.25) is 0 Å². The predicted molar refractivity (Wildman–Crippen MR) is 110 cm³/mol. The second kappa shape index (κ2) is 7.54. The molecular formula is C20H17N3O2S2. The average molecular weight is 396 g/mol. The summed E-state index contributed by atoms with van der Waals surface area (Å²) >= 11 is 3.03. The third kappa shape index (κ3) is 4.04. The van der Waals surface area contributed by atoms with E-state index in [1.165, 1.54) is 16.9 Å². The zero-order valence-electron chi connectivity index (χ0n) is 14.9. The maximum absolute atomic E-state index is 12.8. The molecule has 0 aliphatic heterocycles. The number of thiazole rings is 1. The zero-order valence-corrected chi connectivity index (χ0v) is 16.5. The van der Waals surface area contributed by atoms with Crippen molar-refractivity contribution in [3.05, 3.63) is 71.1 Å². The fourth-order valence-electron chi connectivity index (χ4n) is 2.66. The van der Waals surface area contributed by atoms with Crippen LogP contribution in [-0.4, -0.2) is 16.0 Å². The van der Waals surface area contributed by atoms with Crippen LogP contribution < -0.4 is 5.32 Å². The highest BCUT2D eigenvalue weighted by Gasteiger charge is 2.14. The highest BCUT2D eigenvalue weighted by molar-refractivity contribution is 7.98. The number of aryl methyl sites for hydroxylation is 2. The third-order valence-electron chi connectivity index (χ3n) is 3.94. The molecule has 2 aromatic carbocycles. The number of rotatable bonds is 5. The van der Waals surface area contributed by atoms with Crippen LogP contribution in [0.4, 0.5) is 5.13 Å². The lowest BCUT2D eigenvalue weighted by atomic mass is 10.2.